The molecule has 6 aromatic carbocycles. The molecule has 0 unspecified atom stereocenters. The summed E-state index contributed by atoms with van der Waals surface area (Å²) in [5, 5.41) is 3.68. The van der Waals surface area contributed by atoms with E-state index in [0.29, 0.717) is 54.5 Å². The average molecular weight is 684 g/mol. The fourth-order valence-electron chi connectivity index (χ4n) is 5.82. The molecule has 0 aliphatic carbocycles. The molecular formula is C38H30Cl2O4P2. The van der Waals surface area contributed by atoms with Crippen molar-refractivity contribution in [2.45, 2.75) is 0 Å². The zero-order chi connectivity index (χ0) is 32.3. The normalized spacial score (nSPS) is 11.7. The predicted octanol–water partition coefficient (Wildman–Crippen LogP) is 7.96. The molecule has 0 amide bonds. The fraction of sp³-hybridized carbons (Fsp3) is 0.0526. The van der Waals surface area contributed by atoms with Crippen molar-refractivity contribution < 1.29 is 18.6 Å². The Bertz CT molecular complexity index is 1850. The van der Waals surface area contributed by atoms with Gasteiger partial charge in [0.05, 0.1) is 24.3 Å². The molecule has 0 saturated heterocycles. The standard InChI is InChI=1S/C38H30Cl2O4P2/c1-43-31-23-25-33(45(41,27-15-7-3-8-16-27)28-17-9-4-10-18-28)35(37(31)39)36-34(26-24-32(44-2)38(36)40)46(42,29-19-11-5-12-20-29)30-21-13-6-14-22-30/h3-26H,1-2H3. The lowest BCUT2D eigenvalue weighted by molar-refractivity contribution is 0.414. The summed E-state index contributed by atoms with van der Waals surface area (Å²) in [5.41, 5.74) is 0.728. The first kappa shape index (κ1) is 31.9. The molecule has 230 valence electrons. The van der Waals surface area contributed by atoms with Gasteiger partial charge in [-0.25, -0.2) is 0 Å². The summed E-state index contributed by atoms with van der Waals surface area (Å²) in [6, 6.07) is 44.2. The molecule has 8 heteroatoms. The molecule has 0 saturated carbocycles. The quantitative estimate of drug-likeness (QED) is 0.145. The summed E-state index contributed by atoms with van der Waals surface area (Å²) in [6.07, 6.45) is 0. The van der Waals surface area contributed by atoms with E-state index < -0.39 is 14.3 Å². The zero-order valence-corrected chi connectivity index (χ0v) is 28.4. The molecule has 0 N–H and O–H groups in total. The van der Waals surface area contributed by atoms with Crippen molar-refractivity contribution in [2.75, 3.05) is 14.2 Å². The van der Waals surface area contributed by atoms with Crippen molar-refractivity contribution in [3.8, 4) is 22.6 Å². The molecule has 0 heterocycles. The van der Waals surface area contributed by atoms with E-state index in [9.17, 15) is 0 Å². The van der Waals surface area contributed by atoms with Crippen LogP contribution in [0.15, 0.2) is 146 Å². The van der Waals surface area contributed by atoms with Gasteiger partial charge in [-0.05, 0) is 24.3 Å². The Morgan fingerprint density at radius 1 is 0.413 bits per heavy atom. The van der Waals surface area contributed by atoms with Gasteiger partial charge in [-0.3, -0.25) is 0 Å². The van der Waals surface area contributed by atoms with Gasteiger partial charge in [0.2, 0.25) is 0 Å². The minimum Gasteiger partial charge on any atom is -0.495 e. The second kappa shape index (κ2) is 13.4. The van der Waals surface area contributed by atoms with Crippen LogP contribution in [0.25, 0.3) is 11.1 Å². The Morgan fingerprint density at radius 2 is 0.674 bits per heavy atom. The Labute approximate surface area is 279 Å². The Kier molecular flexibility index (Phi) is 9.27. The molecule has 46 heavy (non-hydrogen) atoms. The van der Waals surface area contributed by atoms with E-state index in [1.165, 1.54) is 14.2 Å². The number of hydrogen-bond acceptors (Lipinski definition) is 4. The second-order valence-corrected chi connectivity index (χ2v) is 16.7. The first-order valence-corrected chi connectivity index (χ1v) is 18.7. The van der Waals surface area contributed by atoms with Crippen molar-refractivity contribution >= 4 is 69.3 Å². The maximum atomic E-state index is 15.9. The topological polar surface area (TPSA) is 52.6 Å². The van der Waals surface area contributed by atoms with Gasteiger partial charge in [0.1, 0.15) is 11.5 Å². The van der Waals surface area contributed by atoms with Gasteiger partial charge in [-0.1, -0.05) is 145 Å². The van der Waals surface area contributed by atoms with Crippen molar-refractivity contribution in [1.29, 1.82) is 0 Å². The highest BCUT2D eigenvalue weighted by atomic mass is 35.5. The molecule has 0 aromatic heterocycles. The minimum atomic E-state index is -3.63. The van der Waals surface area contributed by atoms with Crippen molar-refractivity contribution in [3.05, 3.63) is 156 Å². The van der Waals surface area contributed by atoms with E-state index in [4.69, 9.17) is 32.7 Å². The van der Waals surface area contributed by atoms with Crippen molar-refractivity contribution in [3.63, 3.8) is 0 Å². The third-order valence-corrected chi connectivity index (χ3v) is 15.0. The monoisotopic (exact) mass is 682 g/mol. The average Bonchev–Trinajstić information content (AvgIpc) is 3.12. The van der Waals surface area contributed by atoms with Crippen LogP contribution in [0.3, 0.4) is 0 Å². The molecule has 0 aliphatic heterocycles. The molecule has 6 aromatic rings. The van der Waals surface area contributed by atoms with Crippen LogP contribution in [0.2, 0.25) is 10.0 Å². The number of methoxy groups -OCH3 is 2. The fourth-order valence-corrected chi connectivity index (χ4v) is 12.3. The molecule has 0 aliphatic rings. The number of halogens is 2. The van der Waals surface area contributed by atoms with Crippen LogP contribution in [0, 0.1) is 0 Å². The van der Waals surface area contributed by atoms with Gasteiger partial charge in [0, 0.05) is 43.0 Å². The molecule has 6 rings (SSSR count). The highest BCUT2D eigenvalue weighted by molar-refractivity contribution is 7.86. The van der Waals surface area contributed by atoms with Gasteiger partial charge >= 0.3 is 0 Å². The highest BCUT2D eigenvalue weighted by Gasteiger charge is 2.39. The summed E-state index contributed by atoms with van der Waals surface area (Å²) in [7, 11) is -4.21. The number of hydrogen-bond donors (Lipinski definition) is 0. The van der Waals surface area contributed by atoms with E-state index in [1.54, 1.807) is 24.3 Å². The summed E-state index contributed by atoms with van der Waals surface area (Å²) < 4.78 is 43.2. The molecule has 0 bridgehead atoms. The first-order chi connectivity index (χ1) is 22.3. The molecule has 0 atom stereocenters. The van der Waals surface area contributed by atoms with E-state index in [0.717, 1.165) is 0 Å². The lowest BCUT2D eigenvalue weighted by Crippen LogP contribution is -2.30. The van der Waals surface area contributed by atoms with Crippen LogP contribution in [0.1, 0.15) is 0 Å². The van der Waals surface area contributed by atoms with Gasteiger partial charge in [0.25, 0.3) is 0 Å². The van der Waals surface area contributed by atoms with Crippen LogP contribution in [-0.2, 0) is 9.13 Å². The molecule has 0 radical (unpaired) electrons. The molecule has 4 nitrogen and oxygen atoms in total. The minimum absolute atomic E-state index is 0.191. The van der Waals surface area contributed by atoms with Gasteiger partial charge in [0.15, 0.2) is 14.3 Å². The third kappa shape index (κ3) is 5.40. The van der Waals surface area contributed by atoms with Gasteiger partial charge < -0.3 is 18.6 Å². The van der Waals surface area contributed by atoms with Crippen LogP contribution >= 0.6 is 37.5 Å². The highest BCUT2D eigenvalue weighted by Crippen LogP contribution is 2.54. The lowest BCUT2D eigenvalue weighted by atomic mass is 10.0. The Balaban J connectivity index is 1.81. The van der Waals surface area contributed by atoms with E-state index in [-0.39, 0.29) is 10.0 Å². The Hall–Kier alpha value is -4.04. The van der Waals surface area contributed by atoms with Crippen molar-refractivity contribution in [1.82, 2.24) is 0 Å². The third-order valence-electron chi connectivity index (χ3n) is 8.02. The van der Waals surface area contributed by atoms with Crippen LogP contribution in [0.5, 0.6) is 11.5 Å². The van der Waals surface area contributed by atoms with E-state index in [2.05, 4.69) is 0 Å². The Morgan fingerprint density at radius 3 is 0.913 bits per heavy atom. The number of ether oxygens (including phenoxy) is 2. The molecule has 0 fully saturated rings. The lowest BCUT2D eigenvalue weighted by Gasteiger charge is -2.28. The first-order valence-electron chi connectivity index (χ1n) is 14.5. The van der Waals surface area contributed by atoms with Gasteiger partial charge in [-0.15, -0.1) is 0 Å². The largest absolute Gasteiger partial charge is 0.495 e. The molecular weight excluding hydrogens is 653 g/mol. The van der Waals surface area contributed by atoms with Crippen LogP contribution < -0.4 is 41.3 Å². The molecule has 0 spiro atoms. The SMILES string of the molecule is COc1ccc(P(=O)(c2ccccc2)c2ccccc2)c(-c2c(P(=O)(c3ccccc3)c3ccccc3)ccc(OC)c2Cl)c1Cl. The second-order valence-electron chi connectivity index (χ2n) is 10.5. The summed E-state index contributed by atoms with van der Waals surface area (Å²) >= 11 is 14.6. The number of benzene rings is 6. The van der Waals surface area contributed by atoms with Crippen molar-refractivity contribution in [2.24, 2.45) is 0 Å². The van der Waals surface area contributed by atoms with Gasteiger partial charge in [-0.2, -0.15) is 0 Å². The summed E-state index contributed by atoms with van der Waals surface area (Å²) in [4.78, 5) is 0. The summed E-state index contributed by atoms with van der Waals surface area (Å²) in [6.45, 7) is 0. The van der Waals surface area contributed by atoms with Crippen LogP contribution in [0.4, 0.5) is 0 Å². The maximum Gasteiger partial charge on any atom is 0.171 e. The maximum absolute atomic E-state index is 15.9. The number of rotatable bonds is 9. The summed E-state index contributed by atoms with van der Waals surface area (Å²) in [5.74, 6) is 0.708. The zero-order valence-electron chi connectivity index (χ0n) is 25.1. The smallest absolute Gasteiger partial charge is 0.171 e. The van der Waals surface area contributed by atoms with E-state index in [1.807, 2.05) is 121 Å². The van der Waals surface area contributed by atoms with E-state index >= 15 is 9.13 Å². The van der Waals surface area contributed by atoms with Crippen LogP contribution in [-0.4, -0.2) is 14.2 Å². The predicted molar refractivity (Wildman–Crippen MR) is 194 cm³/mol.